The first-order valence-electron chi connectivity index (χ1n) is 5.73. The van der Waals surface area contributed by atoms with Gasteiger partial charge in [-0.2, -0.15) is 5.26 Å². The average molecular weight is 457 g/mol. The number of nitrogens with zero attached hydrogens (tertiary/aromatic N) is 2. The Morgan fingerprint density at radius 1 is 0.857 bits per heavy atom. The summed E-state index contributed by atoms with van der Waals surface area (Å²) in [5.41, 5.74) is 3.24. The standard InChI is InChI=1S/C8H7N.C7H7I.CHNS.Cu/c1-7-2-4-8(6-9)5-3-7;1-6-2-4-7(8)5-3-6;2-1-3;/h2-5H,1H3;2-5H,1H3;3H;/q;;;+1/p-1. The monoisotopic (exact) mass is 456 g/mol. The Morgan fingerprint density at radius 2 is 1.19 bits per heavy atom. The molecule has 0 saturated heterocycles. The SMILES string of the molecule is Cc1ccc(C#N)cc1.Cc1ccc(I)cc1.N#C[S-].[Cu+]. The van der Waals surface area contributed by atoms with Gasteiger partial charge < -0.3 is 12.6 Å². The summed E-state index contributed by atoms with van der Waals surface area (Å²) in [4.78, 5) is 0. The third kappa shape index (κ3) is 12.3. The van der Waals surface area contributed by atoms with Crippen molar-refractivity contribution in [1.82, 2.24) is 0 Å². The number of hydrogen-bond acceptors (Lipinski definition) is 3. The number of benzene rings is 2. The van der Waals surface area contributed by atoms with E-state index in [2.05, 4.69) is 72.5 Å². The molecule has 5 heteroatoms. The molecule has 0 bridgehead atoms. The molecule has 112 valence electrons. The molecule has 0 heterocycles. The Hall–Kier alpha value is -1.11. The fourth-order valence-corrected chi connectivity index (χ4v) is 1.52. The van der Waals surface area contributed by atoms with Crippen molar-refractivity contribution in [2.75, 3.05) is 0 Å². The topological polar surface area (TPSA) is 47.6 Å². The van der Waals surface area contributed by atoms with E-state index in [9.17, 15) is 0 Å². The molecular formula is C16H14CuIN2S. The predicted molar refractivity (Wildman–Crippen MR) is 92.8 cm³/mol. The molecule has 0 spiro atoms. The Kier molecular flexibility index (Phi) is 14.6. The van der Waals surface area contributed by atoms with Gasteiger partial charge in [-0.15, -0.1) is 0 Å². The smallest absolute Gasteiger partial charge is 0.696 e. The van der Waals surface area contributed by atoms with Crippen molar-refractivity contribution in [1.29, 1.82) is 10.5 Å². The van der Waals surface area contributed by atoms with E-state index in [0.717, 1.165) is 5.56 Å². The number of hydrogen-bond donors (Lipinski definition) is 0. The van der Waals surface area contributed by atoms with Crippen LogP contribution in [0.2, 0.25) is 0 Å². The van der Waals surface area contributed by atoms with Gasteiger partial charge in [-0.25, -0.2) is 5.26 Å². The summed E-state index contributed by atoms with van der Waals surface area (Å²) in [7, 11) is 0. The Balaban J connectivity index is 0. The van der Waals surface area contributed by atoms with Crippen molar-refractivity contribution >= 4 is 35.2 Å². The van der Waals surface area contributed by atoms with Gasteiger partial charge in [0.1, 0.15) is 0 Å². The van der Waals surface area contributed by atoms with Crippen molar-refractivity contribution in [3.05, 3.63) is 68.8 Å². The van der Waals surface area contributed by atoms with Gasteiger partial charge in [0.15, 0.2) is 0 Å². The first-order valence-corrected chi connectivity index (χ1v) is 7.22. The fraction of sp³-hybridized carbons (Fsp3) is 0.125. The van der Waals surface area contributed by atoms with Gasteiger partial charge in [-0.1, -0.05) is 40.8 Å². The van der Waals surface area contributed by atoms with Crippen LogP contribution in [0.4, 0.5) is 0 Å². The van der Waals surface area contributed by atoms with Crippen LogP contribution in [0.15, 0.2) is 48.5 Å². The van der Waals surface area contributed by atoms with Crippen LogP contribution in [-0.2, 0) is 29.7 Å². The maximum atomic E-state index is 8.38. The first-order chi connectivity index (χ1) is 9.53. The zero-order valence-electron chi connectivity index (χ0n) is 11.6. The van der Waals surface area contributed by atoms with Gasteiger partial charge in [0.25, 0.3) is 0 Å². The number of halogens is 1. The molecule has 0 aromatic heterocycles. The van der Waals surface area contributed by atoms with Crippen molar-refractivity contribution in [3.63, 3.8) is 0 Å². The van der Waals surface area contributed by atoms with Crippen LogP contribution in [0.3, 0.4) is 0 Å². The normalized spacial score (nSPS) is 7.48. The summed E-state index contributed by atoms with van der Waals surface area (Å²) in [5.74, 6) is 0. The summed E-state index contributed by atoms with van der Waals surface area (Å²) >= 11 is 6.00. The van der Waals surface area contributed by atoms with Crippen LogP contribution >= 0.6 is 22.6 Å². The first kappa shape index (κ1) is 22.2. The molecule has 2 rings (SSSR count). The van der Waals surface area contributed by atoms with Gasteiger partial charge in [0.2, 0.25) is 0 Å². The Labute approximate surface area is 156 Å². The van der Waals surface area contributed by atoms with E-state index in [4.69, 9.17) is 10.5 Å². The number of nitriles is 2. The maximum Gasteiger partial charge on any atom is 1.00 e. The molecule has 2 nitrogen and oxygen atoms in total. The van der Waals surface area contributed by atoms with Crippen LogP contribution in [0, 0.1) is 39.4 Å². The molecule has 0 aliphatic carbocycles. The molecule has 2 aromatic rings. The summed E-state index contributed by atoms with van der Waals surface area (Å²) in [6, 6.07) is 18.0. The largest absolute Gasteiger partial charge is 1.00 e. The van der Waals surface area contributed by atoms with Crippen molar-refractivity contribution in [2.24, 2.45) is 0 Å². The molecule has 0 saturated carbocycles. The van der Waals surface area contributed by atoms with Gasteiger partial charge in [-0.05, 0) is 60.7 Å². The number of rotatable bonds is 0. The van der Waals surface area contributed by atoms with E-state index >= 15 is 0 Å². The van der Waals surface area contributed by atoms with Crippen molar-refractivity contribution in [3.8, 4) is 11.5 Å². The second kappa shape index (κ2) is 13.9. The summed E-state index contributed by atoms with van der Waals surface area (Å²) in [6.45, 7) is 4.09. The van der Waals surface area contributed by atoms with Crippen LogP contribution in [0.1, 0.15) is 16.7 Å². The van der Waals surface area contributed by atoms with E-state index in [-0.39, 0.29) is 17.1 Å². The van der Waals surface area contributed by atoms with Crippen LogP contribution in [0.25, 0.3) is 0 Å². The quantitative estimate of drug-likeness (QED) is 0.254. The molecule has 0 unspecified atom stereocenters. The molecule has 0 radical (unpaired) electrons. The van der Waals surface area contributed by atoms with Gasteiger partial charge in [0, 0.05) is 3.57 Å². The van der Waals surface area contributed by atoms with E-state index in [1.54, 1.807) is 0 Å². The summed E-state index contributed by atoms with van der Waals surface area (Å²) in [6.07, 6.45) is 0. The molecule has 0 fully saturated rings. The zero-order chi connectivity index (χ0) is 15.4. The minimum Gasteiger partial charge on any atom is -0.696 e. The molecular weight excluding hydrogens is 443 g/mol. The second-order valence-corrected chi connectivity index (χ2v) is 5.29. The Bertz CT molecular complexity index is 563. The number of aryl methyl sites for hydroxylation is 2. The van der Waals surface area contributed by atoms with Crippen LogP contribution < -0.4 is 0 Å². The van der Waals surface area contributed by atoms with E-state index in [1.807, 2.05) is 31.2 Å². The van der Waals surface area contributed by atoms with Crippen molar-refractivity contribution < 1.29 is 17.1 Å². The van der Waals surface area contributed by atoms with Crippen molar-refractivity contribution in [2.45, 2.75) is 13.8 Å². The third-order valence-corrected chi connectivity index (χ3v) is 2.91. The minimum absolute atomic E-state index is 0. The zero-order valence-corrected chi connectivity index (χ0v) is 15.5. The second-order valence-electron chi connectivity index (χ2n) is 3.86. The van der Waals surface area contributed by atoms with Gasteiger partial charge >= 0.3 is 17.1 Å². The van der Waals surface area contributed by atoms with E-state index < -0.39 is 0 Å². The maximum absolute atomic E-state index is 8.38. The molecule has 0 atom stereocenters. The average Bonchev–Trinajstić information content (AvgIpc) is 2.45. The van der Waals surface area contributed by atoms with Gasteiger partial charge in [0.05, 0.1) is 11.6 Å². The summed E-state index contributed by atoms with van der Waals surface area (Å²) < 4.78 is 1.30. The van der Waals surface area contributed by atoms with Crippen LogP contribution in [-0.4, -0.2) is 0 Å². The molecule has 0 aliphatic heterocycles. The molecule has 0 N–H and O–H groups in total. The molecule has 0 aliphatic rings. The van der Waals surface area contributed by atoms with Gasteiger partial charge in [-0.3, -0.25) is 0 Å². The fourth-order valence-electron chi connectivity index (χ4n) is 1.16. The van der Waals surface area contributed by atoms with E-state index in [0.29, 0.717) is 0 Å². The third-order valence-electron chi connectivity index (χ3n) is 2.19. The predicted octanol–water partition coefficient (Wildman–Crippen LogP) is 4.48. The Morgan fingerprint density at radius 3 is 1.48 bits per heavy atom. The minimum atomic E-state index is 0. The molecule has 21 heavy (non-hydrogen) atoms. The molecule has 0 amide bonds. The van der Waals surface area contributed by atoms with Crippen LogP contribution in [0.5, 0.6) is 0 Å². The summed E-state index contributed by atoms with van der Waals surface area (Å²) in [5, 5.41) is 16.8. The number of thiocyanates is 1. The molecule has 2 aromatic carbocycles. The van der Waals surface area contributed by atoms with E-state index in [1.165, 1.54) is 20.1 Å².